The van der Waals surface area contributed by atoms with Gasteiger partial charge in [-0.3, -0.25) is 19.3 Å². The normalized spacial score (nSPS) is 11.8. The number of anilines is 1. The molecule has 3 rings (SSSR count). The molecule has 1 heterocycles. The van der Waals surface area contributed by atoms with Crippen molar-refractivity contribution in [2.45, 2.75) is 45.7 Å². The van der Waals surface area contributed by atoms with E-state index in [2.05, 4.69) is 10.6 Å². The molecule has 0 fully saturated rings. The topological polar surface area (TPSA) is 97.0 Å². The zero-order valence-corrected chi connectivity index (χ0v) is 23.3. The second-order valence-corrected chi connectivity index (χ2v) is 10.2. The molecular weight excluding hydrogens is 502 g/mol. The van der Waals surface area contributed by atoms with Gasteiger partial charge in [-0.05, 0) is 68.5 Å². The van der Waals surface area contributed by atoms with Crippen LogP contribution in [-0.4, -0.2) is 43.5 Å². The molecule has 0 saturated carbocycles. The van der Waals surface area contributed by atoms with Crippen LogP contribution in [0.5, 0.6) is 11.5 Å². The van der Waals surface area contributed by atoms with Gasteiger partial charge in [0.05, 0.1) is 30.8 Å². The maximum absolute atomic E-state index is 14.0. The van der Waals surface area contributed by atoms with Gasteiger partial charge in [0.15, 0.2) is 0 Å². The highest BCUT2D eigenvalue weighted by molar-refractivity contribution is 7.12. The summed E-state index contributed by atoms with van der Waals surface area (Å²) in [7, 11) is 1.54. The Labute approximate surface area is 228 Å². The SMILES string of the molecule is CCOc1ccccc1N(C(=O)CNC(=O)c1cccs1)C(C(=O)NC(C)(C)CC)c1cccc(OC)c1. The highest BCUT2D eigenvalue weighted by Gasteiger charge is 2.36. The van der Waals surface area contributed by atoms with Crippen LogP contribution in [0.4, 0.5) is 5.69 Å². The lowest BCUT2D eigenvalue weighted by Gasteiger charge is -2.35. The summed E-state index contributed by atoms with van der Waals surface area (Å²) in [5, 5.41) is 7.57. The van der Waals surface area contributed by atoms with Crippen molar-refractivity contribution >= 4 is 34.7 Å². The number of methoxy groups -OCH3 is 1. The summed E-state index contributed by atoms with van der Waals surface area (Å²) in [6.07, 6.45) is 0.684. The highest BCUT2D eigenvalue weighted by Crippen LogP contribution is 2.36. The Kier molecular flexibility index (Phi) is 9.90. The van der Waals surface area contributed by atoms with E-state index in [0.717, 1.165) is 0 Å². The molecule has 1 atom stereocenters. The molecule has 2 aromatic carbocycles. The van der Waals surface area contributed by atoms with Crippen molar-refractivity contribution in [2.75, 3.05) is 25.2 Å². The van der Waals surface area contributed by atoms with E-state index in [-0.39, 0.29) is 18.4 Å². The molecule has 0 radical (unpaired) electrons. The number of ether oxygens (including phenoxy) is 2. The molecule has 202 valence electrons. The maximum Gasteiger partial charge on any atom is 0.261 e. The average molecular weight is 538 g/mol. The van der Waals surface area contributed by atoms with E-state index in [9.17, 15) is 14.4 Å². The van der Waals surface area contributed by atoms with Crippen LogP contribution in [0.3, 0.4) is 0 Å². The minimum absolute atomic E-state index is 0.317. The molecule has 0 aliphatic rings. The highest BCUT2D eigenvalue weighted by atomic mass is 32.1. The summed E-state index contributed by atoms with van der Waals surface area (Å²) >= 11 is 1.28. The number of carbonyl (C=O) groups excluding carboxylic acids is 3. The van der Waals surface area contributed by atoms with Crippen LogP contribution in [0.15, 0.2) is 66.0 Å². The van der Waals surface area contributed by atoms with Crippen LogP contribution in [-0.2, 0) is 9.59 Å². The molecular formula is C29H35N3O5S. The fourth-order valence-corrected chi connectivity index (χ4v) is 4.45. The molecule has 3 aromatic rings. The summed E-state index contributed by atoms with van der Waals surface area (Å²) in [5.74, 6) is -0.204. The van der Waals surface area contributed by atoms with Crippen molar-refractivity contribution in [1.82, 2.24) is 10.6 Å². The van der Waals surface area contributed by atoms with Crippen molar-refractivity contribution in [3.05, 3.63) is 76.5 Å². The first-order valence-electron chi connectivity index (χ1n) is 12.5. The second-order valence-electron chi connectivity index (χ2n) is 9.23. The zero-order valence-electron chi connectivity index (χ0n) is 22.4. The number of hydrogen-bond donors (Lipinski definition) is 2. The molecule has 1 unspecified atom stereocenters. The predicted octanol–water partition coefficient (Wildman–Crippen LogP) is 4.96. The van der Waals surface area contributed by atoms with Crippen LogP contribution >= 0.6 is 11.3 Å². The largest absolute Gasteiger partial charge is 0.497 e. The molecule has 0 bridgehead atoms. The molecule has 2 N–H and O–H groups in total. The number of benzene rings is 2. The van der Waals surface area contributed by atoms with Crippen LogP contribution in [0, 0.1) is 0 Å². The van der Waals surface area contributed by atoms with E-state index < -0.39 is 17.5 Å². The summed E-state index contributed by atoms with van der Waals surface area (Å²) < 4.78 is 11.3. The van der Waals surface area contributed by atoms with Crippen LogP contribution in [0.25, 0.3) is 0 Å². The van der Waals surface area contributed by atoms with E-state index in [4.69, 9.17) is 9.47 Å². The van der Waals surface area contributed by atoms with E-state index in [1.54, 1.807) is 73.2 Å². The van der Waals surface area contributed by atoms with Crippen LogP contribution in [0.1, 0.15) is 55.4 Å². The maximum atomic E-state index is 14.0. The van der Waals surface area contributed by atoms with Gasteiger partial charge in [0, 0.05) is 5.54 Å². The summed E-state index contributed by atoms with van der Waals surface area (Å²) in [5.41, 5.74) is 0.454. The Hall–Kier alpha value is -3.85. The third kappa shape index (κ3) is 7.13. The van der Waals surface area contributed by atoms with E-state index in [1.807, 2.05) is 27.7 Å². The summed E-state index contributed by atoms with van der Waals surface area (Å²) in [6.45, 7) is 7.73. The van der Waals surface area contributed by atoms with Gasteiger partial charge in [0.1, 0.15) is 17.5 Å². The third-order valence-electron chi connectivity index (χ3n) is 6.10. The van der Waals surface area contributed by atoms with Crippen molar-refractivity contribution in [3.8, 4) is 11.5 Å². The summed E-state index contributed by atoms with van der Waals surface area (Å²) in [6, 6.07) is 16.5. The predicted molar refractivity (Wildman–Crippen MR) is 150 cm³/mol. The number of carbonyl (C=O) groups is 3. The first kappa shape index (κ1) is 28.7. The van der Waals surface area contributed by atoms with Crippen LogP contribution < -0.4 is 25.0 Å². The first-order valence-corrected chi connectivity index (χ1v) is 13.4. The molecule has 0 aliphatic carbocycles. The van der Waals surface area contributed by atoms with Crippen LogP contribution in [0.2, 0.25) is 0 Å². The molecule has 0 saturated heterocycles. The van der Waals surface area contributed by atoms with E-state index in [1.165, 1.54) is 16.2 Å². The minimum Gasteiger partial charge on any atom is -0.497 e. The lowest BCUT2D eigenvalue weighted by molar-refractivity contribution is -0.127. The average Bonchev–Trinajstić information content (AvgIpc) is 3.46. The number of rotatable bonds is 12. The van der Waals surface area contributed by atoms with Gasteiger partial charge in [-0.15, -0.1) is 11.3 Å². The standard InChI is InChI=1S/C29H35N3O5S/c1-6-29(3,4)31-28(35)26(20-12-10-13-21(18-20)36-5)32(22-14-8-9-15-23(22)37-7-2)25(33)19-30-27(34)24-16-11-17-38-24/h8-18,26H,6-7,19H2,1-5H3,(H,30,34)(H,31,35). The van der Waals surface area contributed by atoms with Gasteiger partial charge in [0.2, 0.25) is 11.8 Å². The Balaban J connectivity index is 2.12. The number of nitrogens with zero attached hydrogens (tertiary/aromatic N) is 1. The number of hydrogen-bond acceptors (Lipinski definition) is 6. The Morgan fingerprint density at radius 3 is 2.45 bits per heavy atom. The Morgan fingerprint density at radius 2 is 1.79 bits per heavy atom. The number of amides is 3. The quantitative estimate of drug-likeness (QED) is 0.340. The number of nitrogens with one attached hydrogen (secondary N) is 2. The lowest BCUT2D eigenvalue weighted by atomic mass is 9.98. The molecule has 0 aliphatic heterocycles. The number of para-hydroxylation sites is 2. The van der Waals surface area contributed by atoms with Gasteiger partial charge in [-0.25, -0.2) is 0 Å². The van der Waals surface area contributed by atoms with Gasteiger partial charge >= 0.3 is 0 Å². The van der Waals surface area contributed by atoms with Gasteiger partial charge in [0.25, 0.3) is 5.91 Å². The van der Waals surface area contributed by atoms with Crippen molar-refractivity contribution in [1.29, 1.82) is 0 Å². The van der Waals surface area contributed by atoms with Crippen molar-refractivity contribution in [2.24, 2.45) is 0 Å². The molecule has 1 aromatic heterocycles. The molecule has 8 nitrogen and oxygen atoms in total. The molecule has 38 heavy (non-hydrogen) atoms. The Bertz CT molecular complexity index is 1240. The van der Waals surface area contributed by atoms with Gasteiger partial charge < -0.3 is 20.1 Å². The van der Waals surface area contributed by atoms with Crippen molar-refractivity contribution in [3.63, 3.8) is 0 Å². The fourth-order valence-electron chi connectivity index (χ4n) is 3.81. The Morgan fingerprint density at radius 1 is 1.03 bits per heavy atom. The second kappa shape index (κ2) is 13.1. The summed E-state index contributed by atoms with van der Waals surface area (Å²) in [4.78, 5) is 42.4. The zero-order chi connectivity index (χ0) is 27.7. The third-order valence-corrected chi connectivity index (χ3v) is 6.97. The molecule has 0 spiro atoms. The van der Waals surface area contributed by atoms with Crippen molar-refractivity contribution < 1.29 is 23.9 Å². The molecule has 3 amide bonds. The fraction of sp³-hybridized carbons (Fsp3) is 0.345. The number of thiophene rings is 1. The molecule has 9 heteroatoms. The van der Waals surface area contributed by atoms with E-state index >= 15 is 0 Å². The first-order chi connectivity index (χ1) is 18.2. The van der Waals surface area contributed by atoms with Gasteiger partial charge in [-0.1, -0.05) is 37.3 Å². The lowest BCUT2D eigenvalue weighted by Crippen LogP contribution is -2.52. The minimum atomic E-state index is -1.07. The smallest absolute Gasteiger partial charge is 0.261 e. The van der Waals surface area contributed by atoms with E-state index in [0.29, 0.717) is 40.7 Å². The van der Waals surface area contributed by atoms with Gasteiger partial charge in [-0.2, -0.15) is 0 Å². The monoisotopic (exact) mass is 537 g/mol.